The highest BCUT2D eigenvalue weighted by atomic mass is 16.5. The molecule has 1 aliphatic heterocycles. The summed E-state index contributed by atoms with van der Waals surface area (Å²) in [7, 11) is 0. The number of piperazine rings is 1. The van der Waals surface area contributed by atoms with Crippen molar-refractivity contribution in [3.05, 3.63) is 17.5 Å². The third-order valence-corrected chi connectivity index (χ3v) is 2.84. The number of hydrogen-bond acceptors (Lipinski definition) is 4. The highest BCUT2D eigenvalue weighted by Gasteiger charge is 2.30. The van der Waals surface area contributed by atoms with Crippen molar-refractivity contribution in [1.82, 2.24) is 15.4 Å². The molecule has 16 heavy (non-hydrogen) atoms. The first kappa shape index (κ1) is 11.1. The van der Waals surface area contributed by atoms with Gasteiger partial charge in [-0.15, -0.1) is 0 Å². The molecule has 0 saturated carbocycles. The maximum absolute atomic E-state index is 12.2. The molecule has 0 spiro atoms. The van der Waals surface area contributed by atoms with Crippen molar-refractivity contribution in [2.24, 2.45) is 0 Å². The van der Waals surface area contributed by atoms with E-state index in [2.05, 4.69) is 24.3 Å². The summed E-state index contributed by atoms with van der Waals surface area (Å²) in [5.74, 6) is 0.592. The number of rotatable bonds is 1. The van der Waals surface area contributed by atoms with Crippen molar-refractivity contribution in [2.75, 3.05) is 19.6 Å². The lowest BCUT2D eigenvalue weighted by atomic mass is 10.0. The van der Waals surface area contributed by atoms with Gasteiger partial charge >= 0.3 is 0 Å². The van der Waals surface area contributed by atoms with Gasteiger partial charge in [-0.2, -0.15) is 0 Å². The third-order valence-electron chi connectivity index (χ3n) is 2.84. The molecule has 1 aliphatic rings. The van der Waals surface area contributed by atoms with Gasteiger partial charge in [0.15, 0.2) is 0 Å². The Balaban J connectivity index is 2.14. The maximum Gasteiger partial charge on any atom is 0.259 e. The second-order valence-corrected chi connectivity index (χ2v) is 4.83. The predicted molar refractivity (Wildman–Crippen MR) is 59.2 cm³/mol. The van der Waals surface area contributed by atoms with E-state index < -0.39 is 0 Å². The zero-order chi connectivity index (χ0) is 11.8. The predicted octanol–water partition coefficient (Wildman–Crippen LogP) is 0.807. The number of carbonyl (C=O) groups is 1. The van der Waals surface area contributed by atoms with Crippen molar-refractivity contribution in [3.63, 3.8) is 0 Å². The van der Waals surface area contributed by atoms with E-state index in [0.29, 0.717) is 17.9 Å². The number of aryl methyl sites for hydroxylation is 1. The molecular formula is C11H17N3O2. The van der Waals surface area contributed by atoms with Gasteiger partial charge in [0.1, 0.15) is 11.3 Å². The van der Waals surface area contributed by atoms with Crippen molar-refractivity contribution < 1.29 is 9.32 Å². The number of nitrogens with one attached hydrogen (secondary N) is 1. The van der Waals surface area contributed by atoms with Gasteiger partial charge in [0.05, 0.1) is 6.20 Å². The number of carbonyl (C=O) groups excluding carboxylic acids is 1. The fourth-order valence-corrected chi connectivity index (χ4v) is 1.99. The van der Waals surface area contributed by atoms with E-state index >= 15 is 0 Å². The van der Waals surface area contributed by atoms with Crippen LogP contribution >= 0.6 is 0 Å². The molecule has 0 bridgehead atoms. The van der Waals surface area contributed by atoms with Crippen LogP contribution in [0.4, 0.5) is 0 Å². The van der Waals surface area contributed by atoms with E-state index in [4.69, 9.17) is 4.52 Å². The fraction of sp³-hybridized carbons (Fsp3) is 0.636. The standard InChI is InChI=1S/C11H17N3O2/c1-8-9(6-13-16-8)10(15)14-5-4-12-11(2,3)7-14/h6,12H,4-5,7H2,1-3H3. The summed E-state index contributed by atoms with van der Waals surface area (Å²) >= 11 is 0. The molecule has 1 saturated heterocycles. The van der Waals surface area contributed by atoms with Crippen molar-refractivity contribution >= 4 is 5.91 Å². The molecule has 1 N–H and O–H groups in total. The monoisotopic (exact) mass is 223 g/mol. The maximum atomic E-state index is 12.2. The smallest absolute Gasteiger partial charge is 0.259 e. The first-order chi connectivity index (χ1) is 7.49. The third kappa shape index (κ3) is 2.09. The van der Waals surface area contributed by atoms with Gasteiger partial charge in [0.25, 0.3) is 5.91 Å². The quantitative estimate of drug-likeness (QED) is 0.765. The summed E-state index contributed by atoms with van der Waals surface area (Å²) in [6, 6.07) is 0. The summed E-state index contributed by atoms with van der Waals surface area (Å²) in [6.07, 6.45) is 1.49. The van der Waals surface area contributed by atoms with Crippen LogP contribution in [-0.2, 0) is 0 Å². The normalized spacial score (nSPS) is 19.8. The molecule has 88 valence electrons. The summed E-state index contributed by atoms with van der Waals surface area (Å²) < 4.78 is 4.92. The summed E-state index contributed by atoms with van der Waals surface area (Å²) in [5, 5.41) is 7.01. The van der Waals surface area contributed by atoms with Crippen molar-refractivity contribution in [2.45, 2.75) is 26.3 Å². The Morgan fingerprint density at radius 1 is 1.62 bits per heavy atom. The molecule has 0 radical (unpaired) electrons. The molecule has 5 nitrogen and oxygen atoms in total. The second-order valence-electron chi connectivity index (χ2n) is 4.83. The molecule has 1 aromatic heterocycles. The first-order valence-corrected chi connectivity index (χ1v) is 5.45. The molecule has 0 atom stereocenters. The highest BCUT2D eigenvalue weighted by molar-refractivity contribution is 5.94. The molecular weight excluding hydrogens is 206 g/mol. The minimum atomic E-state index is -0.0288. The van der Waals surface area contributed by atoms with E-state index in [9.17, 15) is 4.79 Å². The number of aromatic nitrogens is 1. The molecule has 1 fully saturated rings. The zero-order valence-electron chi connectivity index (χ0n) is 9.91. The van der Waals surface area contributed by atoms with Gasteiger partial charge in [-0.05, 0) is 20.8 Å². The van der Waals surface area contributed by atoms with Crippen LogP contribution < -0.4 is 5.32 Å². The lowest BCUT2D eigenvalue weighted by Gasteiger charge is -2.39. The Morgan fingerprint density at radius 2 is 2.38 bits per heavy atom. The highest BCUT2D eigenvalue weighted by Crippen LogP contribution is 2.15. The van der Waals surface area contributed by atoms with Crippen LogP contribution in [0.3, 0.4) is 0 Å². The molecule has 0 aliphatic carbocycles. The molecule has 0 unspecified atom stereocenters. The van der Waals surface area contributed by atoms with Crippen LogP contribution in [0.25, 0.3) is 0 Å². The molecule has 0 aromatic carbocycles. The molecule has 2 heterocycles. The Morgan fingerprint density at radius 3 is 2.94 bits per heavy atom. The summed E-state index contributed by atoms with van der Waals surface area (Å²) in [4.78, 5) is 14.0. The Bertz CT molecular complexity index is 398. The molecule has 1 aromatic rings. The van der Waals surface area contributed by atoms with E-state index in [1.165, 1.54) is 6.20 Å². The first-order valence-electron chi connectivity index (χ1n) is 5.45. The van der Waals surface area contributed by atoms with Crippen LogP contribution in [0, 0.1) is 6.92 Å². The largest absolute Gasteiger partial charge is 0.361 e. The molecule has 5 heteroatoms. The van der Waals surface area contributed by atoms with Gasteiger partial charge in [0, 0.05) is 25.2 Å². The average molecular weight is 223 g/mol. The summed E-state index contributed by atoms with van der Waals surface area (Å²) in [5.41, 5.74) is 0.539. The van der Waals surface area contributed by atoms with Gasteiger partial charge < -0.3 is 14.7 Å². The van der Waals surface area contributed by atoms with Gasteiger partial charge in [-0.3, -0.25) is 4.79 Å². The number of hydrogen-bond donors (Lipinski definition) is 1. The van der Waals surface area contributed by atoms with E-state index in [1.807, 2.05) is 4.90 Å². The SMILES string of the molecule is Cc1oncc1C(=O)N1CCNC(C)(C)C1. The van der Waals surface area contributed by atoms with Crippen LogP contribution in [0.5, 0.6) is 0 Å². The number of amides is 1. The van der Waals surface area contributed by atoms with Crippen LogP contribution in [-0.4, -0.2) is 41.1 Å². The van der Waals surface area contributed by atoms with Crippen molar-refractivity contribution in [3.8, 4) is 0 Å². The van der Waals surface area contributed by atoms with E-state index in [1.54, 1.807) is 6.92 Å². The van der Waals surface area contributed by atoms with Gasteiger partial charge in [-0.1, -0.05) is 5.16 Å². The minimum Gasteiger partial charge on any atom is -0.361 e. The van der Waals surface area contributed by atoms with Crippen LogP contribution in [0.1, 0.15) is 30.0 Å². The minimum absolute atomic E-state index is 0.00771. The average Bonchev–Trinajstić information content (AvgIpc) is 2.62. The van der Waals surface area contributed by atoms with E-state index in [-0.39, 0.29) is 11.4 Å². The Hall–Kier alpha value is -1.36. The fourth-order valence-electron chi connectivity index (χ4n) is 1.99. The zero-order valence-corrected chi connectivity index (χ0v) is 9.91. The lowest BCUT2D eigenvalue weighted by molar-refractivity contribution is 0.0650. The van der Waals surface area contributed by atoms with Crippen molar-refractivity contribution in [1.29, 1.82) is 0 Å². The van der Waals surface area contributed by atoms with Gasteiger partial charge in [0.2, 0.25) is 0 Å². The lowest BCUT2D eigenvalue weighted by Crippen LogP contribution is -2.58. The second kappa shape index (κ2) is 3.90. The topological polar surface area (TPSA) is 58.4 Å². The van der Waals surface area contributed by atoms with Crippen LogP contribution in [0.2, 0.25) is 0 Å². The molecule has 2 rings (SSSR count). The number of nitrogens with zero attached hydrogens (tertiary/aromatic N) is 2. The summed E-state index contributed by atoms with van der Waals surface area (Å²) in [6.45, 7) is 8.19. The molecule has 1 amide bonds. The van der Waals surface area contributed by atoms with E-state index in [0.717, 1.165) is 13.1 Å². The van der Waals surface area contributed by atoms with Crippen LogP contribution in [0.15, 0.2) is 10.7 Å². The Kier molecular flexibility index (Phi) is 2.71. The Labute approximate surface area is 94.8 Å². The van der Waals surface area contributed by atoms with Gasteiger partial charge in [-0.25, -0.2) is 0 Å².